The number of nitrogens with zero attached hydrogens (tertiary/aromatic N) is 2. The molecule has 0 bridgehead atoms. The van der Waals surface area contributed by atoms with Gasteiger partial charge in [0.2, 0.25) is 0 Å². The quantitative estimate of drug-likeness (QED) is 0.769. The molecule has 2 aromatic rings. The van der Waals surface area contributed by atoms with Crippen LogP contribution in [-0.2, 0) is 13.2 Å². The molecule has 1 aromatic carbocycles. The maximum Gasteiger partial charge on any atom is 0.259 e. The summed E-state index contributed by atoms with van der Waals surface area (Å²) in [6.45, 7) is 9.29. The number of aryl methyl sites for hydroxylation is 1. The molecule has 0 saturated heterocycles. The summed E-state index contributed by atoms with van der Waals surface area (Å²) in [4.78, 5) is 12.5. The molecule has 0 atom stereocenters. The number of anilines is 1. The van der Waals surface area contributed by atoms with Gasteiger partial charge in [-0.1, -0.05) is 13.8 Å². The number of ether oxygens (including phenoxy) is 1. The van der Waals surface area contributed by atoms with E-state index in [0.29, 0.717) is 35.1 Å². The lowest BCUT2D eigenvalue weighted by molar-refractivity contribution is 0.102. The van der Waals surface area contributed by atoms with Crippen molar-refractivity contribution in [3.05, 3.63) is 41.2 Å². The third kappa shape index (κ3) is 4.82. The number of aromatic nitrogens is 2. The molecule has 0 saturated carbocycles. The molecule has 1 heterocycles. The molecule has 0 aliphatic carbocycles. The van der Waals surface area contributed by atoms with Gasteiger partial charge in [0.1, 0.15) is 5.75 Å². The zero-order chi connectivity index (χ0) is 18.4. The molecule has 0 aliphatic heterocycles. The number of aliphatic hydroxyl groups excluding tert-OH is 1. The van der Waals surface area contributed by atoms with Gasteiger partial charge in [0.25, 0.3) is 5.91 Å². The molecule has 25 heavy (non-hydrogen) atoms. The molecule has 0 spiro atoms. The lowest BCUT2D eigenvalue weighted by atomic mass is 10.1. The van der Waals surface area contributed by atoms with Crippen LogP contribution in [0.3, 0.4) is 0 Å². The van der Waals surface area contributed by atoms with Crippen molar-refractivity contribution in [3.8, 4) is 5.75 Å². The first-order chi connectivity index (χ1) is 12.0. The SMILES string of the molecule is CCOc1ccc(NC(=O)c2cnn(CCC(C)C)c2C)cc1CO. The van der Waals surface area contributed by atoms with Crippen molar-refractivity contribution in [3.63, 3.8) is 0 Å². The van der Waals surface area contributed by atoms with Gasteiger partial charge in [-0.25, -0.2) is 0 Å². The van der Waals surface area contributed by atoms with Crippen molar-refractivity contribution in [1.29, 1.82) is 0 Å². The van der Waals surface area contributed by atoms with E-state index < -0.39 is 0 Å². The van der Waals surface area contributed by atoms with Crippen molar-refractivity contribution in [2.75, 3.05) is 11.9 Å². The topological polar surface area (TPSA) is 76.4 Å². The van der Waals surface area contributed by atoms with Gasteiger partial charge in [0.15, 0.2) is 0 Å². The standard InChI is InChI=1S/C19H27N3O3/c1-5-25-18-7-6-16(10-15(18)12-23)21-19(24)17-11-20-22(14(17)4)9-8-13(2)3/h6-7,10-11,13,23H,5,8-9,12H2,1-4H3,(H,21,24). The van der Waals surface area contributed by atoms with Crippen LogP contribution in [0.2, 0.25) is 0 Å². The molecule has 6 heteroatoms. The van der Waals surface area contributed by atoms with Gasteiger partial charge >= 0.3 is 0 Å². The minimum Gasteiger partial charge on any atom is -0.494 e. The van der Waals surface area contributed by atoms with Crippen LogP contribution in [0.1, 0.15) is 48.8 Å². The Hall–Kier alpha value is -2.34. The van der Waals surface area contributed by atoms with Crippen LogP contribution in [0.4, 0.5) is 5.69 Å². The van der Waals surface area contributed by atoms with Gasteiger partial charge in [-0.05, 0) is 44.4 Å². The summed E-state index contributed by atoms with van der Waals surface area (Å²) in [5.74, 6) is 1.00. The molecule has 136 valence electrons. The second-order valence-electron chi connectivity index (χ2n) is 6.42. The Morgan fingerprint density at radius 2 is 2.16 bits per heavy atom. The van der Waals surface area contributed by atoms with E-state index in [1.165, 1.54) is 0 Å². The Kier molecular flexibility index (Phi) is 6.58. The largest absolute Gasteiger partial charge is 0.494 e. The second-order valence-corrected chi connectivity index (χ2v) is 6.42. The molecular formula is C19H27N3O3. The number of benzene rings is 1. The Balaban J connectivity index is 2.12. The predicted molar refractivity (Wildman–Crippen MR) is 97.9 cm³/mol. The summed E-state index contributed by atoms with van der Waals surface area (Å²) < 4.78 is 7.32. The monoisotopic (exact) mass is 345 g/mol. The number of carbonyl (C=O) groups excluding carboxylic acids is 1. The van der Waals surface area contributed by atoms with Gasteiger partial charge in [0.05, 0.1) is 25.0 Å². The molecule has 1 aromatic heterocycles. The third-order valence-corrected chi connectivity index (χ3v) is 4.05. The van der Waals surface area contributed by atoms with Crippen molar-refractivity contribution < 1.29 is 14.6 Å². The normalized spacial score (nSPS) is 11.0. The number of nitrogens with one attached hydrogen (secondary N) is 1. The summed E-state index contributed by atoms with van der Waals surface area (Å²) in [5.41, 5.74) is 2.67. The van der Waals surface area contributed by atoms with E-state index in [4.69, 9.17) is 4.74 Å². The molecule has 2 rings (SSSR count). The zero-order valence-corrected chi connectivity index (χ0v) is 15.4. The fraction of sp³-hybridized carbons (Fsp3) is 0.474. The average Bonchev–Trinajstić information content (AvgIpc) is 2.95. The zero-order valence-electron chi connectivity index (χ0n) is 15.4. The minimum atomic E-state index is -0.207. The first kappa shape index (κ1) is 19.0. The highest BCUT2D eigenvalue weighted by Crippen LogP contribution is 2.23. The molecule has 6 nitrogen and oxygen atoms in total. The number of amides is 1. The van der Waals surface area contributed by atoms with E-state index >= 15 is 0 Å². The molecule has 1 amide bonds. The Morgan fingerprint density at radius 1 is 1.40 bits per heavy atom. The lowest BCUT2D eigenvalue weighted by Crippen LogP contribution is -2.14. The molecule has 0 fully saturated rings. The van der Waals surface area contributed by atoms with Gasteiger partial charge in [-0.15, -0.1) is 0 Å². The number of rotatable bonds is 8. The van der Waals surface area contributed by atoms with E-state index in [1.54, 1.807) is 24.4 Å². The van der Waals surface area contributed by atoms with E-state index in [2.05, 4.69) is 24.3 Å². The number of hydrogen-bond acceptors (Lipinski definition) is 4. The van der Waals surface area contributed by atoms with Gasteiger partial charge in [-0.2, -0.15) is 5.10 Å². The smallest absolute Gasteiger partial charge is 0.259 e. The highest BCUT2D eigenvalue weighted by molar-refractivity contribution is 6.04. The average molecular weight is 345 g/mol. The van der Waals surface area contributed by atoms with Crippen LogP contribution in [0.5, 0.6) is 5.75 Å². The highest BCUT2D eigenvalue weighted by Gasteiger charge is 2.15. The minimum absolute atomic E-state index is 0.148. The van der Waals surface area contributed by atoms with E-state index in [1.807, 2.05) is 18.5 Å². The van der Waals surface area contributed by atoms with Crippen LogP contribution in [0.25, 0.3) is 0 Å². The fourth-order valence-electron chi connectivity index (χ4n) is 2.55. The molecule has 0 aliphatic rings. The fourth-order valence-corrected chi connectivity index (χ4v) is 2.55. The van der Waals surface area contributed by atoms with Crippen molar-refractivity contribution in [1.82, 2.24) is 9.78 Å². The van der Waals surface area contributed by atoms with Gasteiger partial charge < -0.3 is 15.2 Å². The van der Waals surface area contributed by atoms with Crippen LogP contribution in [0, 0.1) is 12.8 Å². The van der Waals surface area contributed by atoms with E-state index in [9.17, 15) is 9.90 Å². The summed E-state index contributed by atoms with van der Waals surface area (Å²) in [7, 11) is 0. The van der Waals surface area contributed by atoms with Crippen LogP contribution >= 0.6 is 0 Å². The number of aliphatic hydroxyl groups is 1. The third-order valence-electron chi connectivity index (χ3n) is 4.05. The van der Waals surface area contributed by atoms with Crippen molar-refractivity contribution in [2.24, 2.45) is 5.92 Å². The molecule has 2 N–H and O–H groups in total. The van der Waals surface area contributed by atoms with Crippen LogP contribution in [-0.4, -0.2) is 27.4 Å². The summed E-state index contributed by atoms with van der Waals surface area (Å²) in [5, 5.41) is 16.6. The van der Waals surface area contributed by atoms with E-state index in [-0.39, 0.29) is 12.5 Å². The Labute approximate surface area is 148 Å². The molecule has 0 unspecified atom stereocenters. The predicted octanol–water partition coefficient (Wildman–Crippen LogP) is 3.38. The Morgan fingerprint density at radius 3 is 2.80 bits per heavy atom. The second kappa shape index (κ2) is 8.67. The first-order valence-electron chi connectivity index (χ1n) is 8.66. The lowest BCUT2D eigenvalue weighted by Gasteiger charge is -2.11. The van der Waals surface area contributed by atoms with Crippen LogP contribution in [0.15, 0.2) is 24.4 Å². The van der Waals surface area contributed by atoms with Crippen LogP contribution < -0.4 is 10.1 Å². The van der Waals surface area contributed by atoms with Gasteiger partial charge in [-0.3, -0.25) is 9.48 Å². The van der Waals surface area contributed by atoms with Gasteiger partial charge in [0, 0.05) is 23.5 Å². The van der Waals surface area contributed by atoms with Crippen molar-refractivity contribution >= 4 is 11.6 Å². The number of hydrogen-bond donors (Lipinski definition) is 2. The van der Waals surface area contributed by atoms with Crippen molar-refractivity contribution in [2.45, 2.75) is 47.3 Å². The highest BCUT2D eigenvalue weighted by atomic mass is 16.5. The maximum absolute atomic E-state index is 12.5. The van der Waals surface area contributed by atoms with E-state index in [0.717, 1.165) is 18.7 Å². The molecule has 0 radical (unpaired) electrons. The summed E-state index contributed by atoms with van der Waals surface area (Å²) in [6, 6.07) is 5.24. The number of carbonyl (C=O) groups is 1. The Bertz CT molecular complexity index is 723. The maximum atomic E-state index is 12.5. The summed E-state index contributed by atoms with van der Waals surface area (Å²) in [6.07, 6.45) is 2.62. The first-order valence-corrected chi connectivity index (χ1v) is 8.66. The summed E-state index contributed by atoms with van der Waals surface area (Å²) >= 11 is 0. The molecular weight excluding hydrogens is 318 g/mol.